The minimum absolute atomic E-state index is 0.00700. The monoisotopic (exact) mass is 451 g/mol. The number of nitrogens with two attached hydrogens (primary N) is 1. The number of hydrogen-bond donors (Lipinski definition) is 2. The number of rotatable bonds is 8. The molecule has 0 fully saturated rings. The average Bonchev–Trinajstić information content (AvgIpc) is 3.24. The van der Waals surface area contributed by atoms with E-state index in [1.807, 2.05) is 0 Å². The van der Waals surface area contributed by atoms with Crippen LogP contribution >= 0.6 is 0 Å². The van der Waals surface area contributed by atoms with E-state index in [0.717, 1.165) is 47.9 Å². The molecule has 3 N–H and O–H groups in total. The third-order valence-corrected chi connectivity index (χ3v) is 6.47. The molecule has 1 amide bonds. The highest BCUT2D eigenvalue weighted by molar-refractivity contribution is 5.77. The van der Waals surface area contributed by atoms with E-state index in [2.05, 4.69) is 75.9 Å². The van der Waals surface area contributed by atoms with Crippen LogP contribution in [-0.4, -0.2) is 48.1 Å². The maximum absolute atomic E-state index is 11.4. The van der Waals surface area contributed by atoms with Gasteiger partial charge in [0.15, 0.2) is 0 Å². The molecule has 3 rings (SSSR count). The molecule has 7 heteroatoms. The number of amides is 1. The molecule has 0 atom stereocenters. The smallest absolute Gasteiger partial charge is 0.257 e. The van der Waals surface area contributed by atoms with Crippen molar-refractivity contribution in [2.24, 2.45) is 11.1 Å². The zero-order chi connectivity index (χ0) is 24.3. The Hall–Kier alpha value is -2.93. The van der Waals surface area contributed by atoms with Gasteiger partial charge in [-0.1, -0.05) is 25.6 Å². The predicted octanol–water partition coefficient (Wildman–Crippen LogP) is 4.01. The summed E-state index contributed by atoms with van der Waals surface area (Å²) in [6.45, 7) is 13.6. The molecule has 1 aromatic heterocycles. The number of nitrogens with one attached hydrogen (secondary N) is 1. The van der Waals surface area contributed by atoms with E-state index >= 15 is 0 Å². The van der Waals surface area contributed by atoms with E-state index in [1.165, 1.54) is 16.8 Å². The molecule has 0 radical (unpaired) electrons. The third kappa shape index (κ3) is 5.71. The minimum atomic E-state index is -0.143. The van der Waals surface area contributed by atoms with Crippen molar-refractivity contribution < 1.29 is 9.32 Å². The van der Waals surface area contributed by atoms with Crippen molar-refractivity contribution in [3.05, 3.63) is 52.6 Å². The van der Waals surface area contributed by atoms with Crippen molar-refractivity contribution in [2.75, 3.05) is 27.2 Å². The lowest BCUT2D eigenvalue weighted by Gasteiger charge is -2.36. The first-order chi connectivity index (χ1) is 15.5. The maximum Gasteiger partial charge on any atom is 0.257 e. The van der Waals surface area contributed by atoms with Gasteiger partial charge in [0.05, 0.1) is 6.54 Å². The van der Waals surface area contributed by atoms with Crippen molar-refractivity contribution in [3.63, 3.8) is 0 Å². The molecule has 1 heterocycles. The maximum atomic E-state index is 11.4. The molecule has 7 nitrogen and oxygen atoms in total. The lowest BCUT2D eigenvalue weighted by Crippen LogP contribution is -2.31. The van der Waals surface area contributed by atoms with Gasteiger partial charge in [0, 0.05) is 37.5 Å². The Morgan fingerprint density at radius 1 is 1.27 bits per heavy atom. The van der Waals surface area contributed by atoms with Gasteiger partial charge in [-0.2, -0.15) is 4.98 Å². The van der Waals surface area contributed by atoms with Gasteiger partial charge in [-0.15, -0.1) is 0 Å². The SMILES string of the molecule is C=C(C1=C(N(C)C)CC(C)(C)CC1)c1nc(-c2cc(C)c(CCNC(=O)CN)c(C)c2)no1. The molecule has 0 unspecified atom stereocenters. The summed E-state index contributed by atoms with van der Waals surface area (Å²) in [5, 5.41) is 7.08. The van der Waals surface area contributed by atoms with Crippen molar-refractivity contribution >= 4 is 11.5 Å². The quantitative estimate of drug-likeness (QED) is 0.629. The van der Waals surface area contributed by atoms with Crippen LogP contribution in [0.15, 0.2) is 34.5 Å². The topological polar surface area (TPSA) is 97.3 Å². The Balaban J connectivity index is 1.82. The Labute approximate surface area is 197 Å². The number of hydrogen-bond acceptors (Lipinski definition) is 6. The molecule has 0 spiro atoms. The van der Waals surface area contributed by atoms with Gasteiger partial charge >= 0.3 is 0 Å². The summed E-state index contributed by atoms with van der Waals surface area (Å²) in [6.07, 6.45) is 3.80. The van der Waals surface area contributed by atoms with Crippen molar-refractivity contribution in [2.45, 2.75) is 53.4 Å². The van der Waals surface area contributed by atoms with E-state index in [-0.39, 0.29) is 17.9 Å². The van der Waals surface area contributed by atoms with Crippen LogP contribution in [0.1, 0.15) is 55.7 Å². The van der Waals surface area contributed by atoms with E-state index in [9.17, 15) is 4.79 Å². The normalized spacial score (nSPS) is 15.5. The number of nitrogens with zero attached hydrogens (tertiary/aromatic N) is 3. The average molecular weight is 452 g/mol. The van der Waals surface area contributed by atoms with Crippen molar-refractivity contribution in [3.8, 4) is 11.4 Å². The van der Waals surface area contributed by atoms with Gasteiger partial charge in [-0.25, -0.2) is 0 Å². The van der Waals surface area contributed by atoms with Crippen LogP contribution in [0.5, 0.6) is 0 Å². The first-order valence-electron chi connectivity index (χ1n) is 11.5. The summed E-state index contributed by atoms with van der Waals surface area (Å²) in [6, 6.07) is 4.14. The van der Waals surface area contributed by atoms with Gasteiger partial charge in [-0.3, -0.25) is 4.79 Å². The first-order valence-corrected chi connectivity index (χ1v) is 11.5. The van der Waals surface area contributed by atoms with E-state index in [4.69, 9.17) is 15.2 Å². The zero-order valence-electron chi connectivity index (χ0n) is 20.8. The Morgan fingerprint density at radius 2 is 1.94 bits per heavy atom. The molecule has 1 aliphatic carbocycles. The summed E-state index contributed by atoms with van der Waals surface area (Å²) in [4.78, 5) is 18.3. The molecule has 178 valence electrons. The number of aryl methyl sites for hydroxylation is 2. The summed E-state index contributed by atoms with van der Waals surface area (Å²) < 4.78 is 5.66. The highest BCUT2D eigenvalue weighted by atomic mass is 16.5. The predicted molar refractivity (Wildman–Crippen MR) is 132 cm³/mol. The standard InChI is InChI=1S/C26H37N5O2/c1-16-12-19(13-17(2)20(16)9-11-28-23(32)15-27)24-29-25(33-30-24)18(3)21-8-10-26(4,5)14-22(21)31(6)7/h12-13H,3,8-11,14-15,27H2,1-2,4-7H3,(H,28,32). The van der Waals surface area contributed by atoms with Crippen molar-refractivity contribution in [1.29, 1.82) is 0 Å². The number of carbonyl (C=O) groups is 1. The Kier molecular flexibility index (Phi) is 7.42. The van der Waals surface area contributed by atoms with Crippen LogP contribution in [0.2, 0.25) is 0 Å². The molecule has 1 aromatic carbocycles. The van der Waals surface area contributed by atoms with Gasteiger partial charge in [-0.05, 0) is 79.3 Å². The molecule has 1 aliphatic rings. The zero-order valence-corrected chi connectivity index (χ0v) is 20.8. The molecule has 0 aliphatic heterocycles. The molecule has 0 saturated heterocycles. The number of benzene rings is 1. The van der Waals surface area contributed by atoms with Gasteiger partial charge < -0.3 is 20.5 Å². The molecular weight excluding hydrogens is 414 g/mol. The van der Waals surface area contributed by atoms with Crippen LogP contribution in [0.4, 0.5) is 0 Å². The third-order valence-electron chi connectivity index (χ3n) is 6.47. The number of carbonyl (C=O) groups excluding carboxylic acids is 1. The fourth-order valence-electron chi connectivity index (χ4n) is 4.52. The van der Waals surface area contributed by atoms with Crippen molar-refractivity contribution in [1.82, 2.24) is 20.4 Å². The van der Waals surface area contributed by atoms with Crippen LogP contribution in [-0.2, 0) is 11.2 Å². The number of aromatic nitrogens is 2. The second kappa shape index (κ2) is 9.91. The molecule has 0 saturated carbocycles. The van der Waals surface area contributed by atoms with E-state index in [1.54, 1.807) is 0 Å². The second-order valence-electron chi connectivity index (χ2n) is 9.96. The highest BCUT2D eigenvalue weighted by Gasteiger charge is 2.30. The number of allylic oxidation sites excluding steroid dienone is 3. The van der Waals surface area contributed by atoms with Crippen LogP contribution < -0.4 is 11.1 Å². The van der Waals surface area contributed by atoms with Crippen LogP contribution in [0.3, 0.4) is 0 Å². The molecule has 33 heavy (non-hydrogen) atoms. The molecule has 2 aromatic rings. The first kappa shape index (κ1) is 24.7. The Morgan fingerprint density at radius 3 is 2.55 bits per heavy atom. The summed E-state index contributed by atoms with van der Waals surface area (Å²) in [5.41, 5.74) is 13.3. The summed E-state index contributed by atoms with van der Waals surface area (Å²) in [5.74, 6) is 0.891. The fraction of sp³-hybridized carbons (Fsp3) is 0.500. The minimum Gasteiger partial charge on any atom is -0.381 e. The Bertz CT molecular complexity index is 1060. The lowest BCUT2D eigenvalue weighted by atomic mass is 9.75. The van der Waals surface area contributed by atoms with Crippen LogP contribution in [0, 0.1) is 19.3 Å². The summed E-state index contributed by atoms with van der Waals surface area (Å²) >= 11 is 0. The molecular formula is C26H37N5O2. The van der Waals surface area contributed by atoms with Crippen LogP contribution in [0.25, 0.3) is 17.0 Å². The summed E-state index contributed by atoms with van der Waals surface area (Å²) in [7, 11) is 4.16. The highest BCUT2D eigenvalue weighted by Crippen LogP contribution is 2.43. The van der Waals surface area contributed by atoms with Gasteiger partial charge in [0.2, 0.25) is 11.7 Å². The largest absolute Gasteiger partial charge is 0.381 e. The van der Waals surface area contributed by atoms with Gasteiger partial charge in [0.1, 0.15) is 0 Å². The second-order valence-corrected chi connectivity index (χ2v) is 9.96. The van der Waals surface area contributed by atoms with E-state index < -0.39 is 0 Å². The fourth-order valence-corrected chi connectivity index (χ4v) is 4.52. The molecule has 0 bridgehead atoms. The van der Waals surface area contributed by atoms with Gasteiger partial charge in [0.25, 0.3) is 5.89 Å². The lowest BCUT2D eigenvalue weighted by molar-refractivity contribution is -0.119. The van der Waals surface area contributed by atoms with E-state index in [0.29, 0.717) is 18.3 Å².